The van der Waals surface area contributed by atoms with Gasteiger partial charge in [-0.2, -0.15) is 0 Å². The Morgan fingerprint density at radius 3 is 1.29 bits per heavy atom. The van der Waals surface area contributed by atoms with Gasteiger partial charge in [0.15, 0.2) is 0 Å². The second-order valence-corrected chi connectivity index (χ2v) is 24.8. The number of morpholine rings is 1. The van der Waals surface area contributed by atoms with Gasteiger partial charge in [0.05, 0.1) is 39.5 Å². The summed E-state index contributed by atoms with van der Waals surface area (Å²) in [5.41, 5.74) is 3.31. The number of imidazole rings is 1. The Bertz CT molecular complexity index is 1950. The first-order valence-corrected chi connectivity index (χ1v) is 31.2. The minimum atomic E-state index is 0.470. The lowest BCUT2D eigenvalue weighted by Crippen LogP contribution is -2.47. The van der Waals surface area contributed by atoms with Crippen LogP contribution in [0, 0.1) is 0 Å². The molecule has 0 spiro atoms. The van der Waals surface area contributed by atoms with Gasteiger partial charge in [-0.25, -0.2) is 9.97 Å². The van der Waals surface area contributed by atoms with Crippen molar-refractivity contribution in [3.05, 3.63) is 83.9 Å². The summed E-state index contributed by atoms with van der Waals surface area (Å²) in [6.45, 7) is 54.7. The highest BCUT2D eigenvalue weighted by Gasteiger charge is 2.17. The summed E-state index contributed by atoms with van der Waals surface area (Å²) in [7, 11) is 2.19. The normalized spacial score (nSPS) is 18.1. The van der Waals surface area contributed by atoms with Gasteiger partial charge in [0, 0.05) is 126 Å². The molecule has 0 atom stereocenters. The topological polar surface area (TPSA) is 87.2 Å². The van der Waals surface area contributed by atoms with E-state index in [1.165, 1.54) is 107 Å². The molecular weight excluding hydrogens is 971 g/mol. The van der Waals surface area contributed by atoms with Crippen molar-refractivity contribution in [3.8, 4) is 0 Å². The first-order chi connectivity index (χ1) is 36.8. The number of likely N-dealkylation sites (N-methyl/N-ethyl adjacent to an activating group) is 1. The Labute approximate surface area is 476 Å². The number of hydrogen-bond donors (Lipinski definition) is 2. The average molecular weight is 1090 g/mol. The van der Waals surface area contributed by atoms with E-state index in [1.807, 2.05) is 42.5 Å². The van der Waals surface area contributed by atoms with Gasteiger partial charge in [0.2, 0.25) is 0 Å². The van der Waals surface area contributed by atoms with Crippen LogP contribution in [0.2, 0.25) is 0 Å². The minimum Gasteiger partial charge on any atom is -0.379 e. The number of benzene rings is 2. The van der Waals surface area contributed by atoms with E-state index in [0.29, 0.717) is 23.9 Å². The monoisotopic (exact) mass is 1090 g/mol. The van der Waals surface area contributed by atoms with Crippen LogP contribution in [0.25, 0.3) is 21.3 Å². The molecule has 5 aliphatic rings. The molecule has 77 heavy (non-hydrogen) atoms. The summed E-state index contributed by atoms with van der Waals surface area (Å²) in [4.78, 5) is 27.2. The summed E-state index contributed by atoms with van der Waals surface area (Å²) in [6, 6.07) is 24.8. The van der Waals surface area contributed by atoms with Crippen molar-refractivity contribution >= 4 is 32.6 Å². The molecule has 12 nitrogen and oxygen atoms in total. The third-order valence-electron chi connectivity index (χ3n) is 14.9. The molecule has 0 amide bonds. The zero-order valence-corrected chi connectivity index (χ0v) is 53.1. The summed E-state index contributed by atoms with van der Waals surface area (Å²) >= 11 is 1.79. The molecule has 0 bridgehead atoms. The molecule has 5 saturated heterocycles. The molecule has 5 aliphatic heterocycles. The maximum Gasteiger partial charge on any atom is 0.109 e. The van der Waals surface area contributed by atoms with E-state index in [-0.39, 0.29) is 0 Å². The number of fused-ring (bicyclic) bond motifs is 2. The molecule has 3 aromatic heterocycles. The minimum absolute atomic E-state index is 0.470. The van der Waals surface area contributed by atoms with Crippen LogP contribution < -0.4 is 5.32 Å². The van der Waals surface area contributed by atoms with Crippen molar-refractivity contribution in [1.82, 2.24) is 54.2 Å². The van der Waals surface area contributed by atoms with Crippen molar-refractivity contribution in [2.24, 2.45) is 0 Å². The maximum absolute atomic E-state index is 5.21. The molecule has 0 unspecified atom stereocenters. The van der Waals surface area contributed by atoms with Crippen LogP contribution in [-0.2, 0) is 4.74 Å². The van der Waals surface area contributed by atoms with Crippen molar-refractivity contribution in [3.63, 3.8) is 0 Å². The van der Waals surface area contributed by atoms with Gasteiger partial charge < -0.3 is 34.3 Å². The number of aromatic amines is 1. The number of aromatic nitrogens is 4. The number of piperidine rings is 1. The molecule has 0 radical (unpaired) electrons. The second kappa shape index (κ2) is 38.4. The van der Waals surface area contributed by atoms with Crippen LogP contribution in [0.15, 0.2) is 73.1 Å². The van der Waals surface area contributed by atoms with Crippen molar-refractivity contribution in [2.75, 3.05) is 112 Å². The summed E-state index contributed by atoms with van der Waals surface area (Å²) < 4.78 is 8.67. The lowest BCUT2D eigenvalue weighted by atomic mass is 10.1. The number of hydrogen-bond acceptors (Lipinski definition) is 11. The van der Waals surface area contributed by atoms with Gasteiger partial charge in [-0.15, -0.1) is 11.3 Å². The predicted molar refractivity (Wildman–Crippen MR) is 337 cm³/mol. The third-order valence-corrected chi connectivity index (χ3v) is 16.2. The quantitative estimate of drug-likeness (QED) is 0.157. The third kappa shape index (κ3) is 27.7. The van der Waals surface area contributed by atoms with Crippen molar-refractivity contribution in [2.45, 2.75) is 191 Å². The van der Waals surface area contributed by atoms with E-state index in [9.17, 15) is 0 Å². The Balaban J connectivity index is 0.000000233. The van der Waals surface area contributed by atoms with E-state index in [0.717, 1.165) is 85.9 Å². The van der Waals surface area contributed by atoms with Gasteiger partial charge in [0.25, 0.3) is 0 Å². The van der Waals surface area contributed by atoms with Gasteiger partial charge in [0.1, 0.15) is 5.82 Å². The van der Waals surface area contributed by atoms with Crippen LogP contribution in [0.3, 0.4) is 0 Å². The van der Waals surface area contributed by atoms with Crippen LogP contribution in [0.1, 0.15) is 172 Å². The number of nitrogens with zero attached hydrogens (tertiary/aromatic N) is 9. The molecule has 8 heterocycles. The highest BCUT2D eigenvalue weighted by atomic mass is 32.1. The SMILES string of the molecule is CC(C)N1CCCC1.CC(C)N1CCCCC1.CC(C)N1CCN(C)CC1.CC(C)N1CCNCC1.CC(C)N1CCOCC1.CC(C)c1nc2ccccc2[nH]1.CC(C)c1nc2ccccc2s1.CC(C)n1cccc1. The van der Waals surface area contributed by atoms with E-state index < -0.39 is 0 Å². The highest BCUT2D eigenvalue weighted by Crippen LogP contribution is 2.26. The zero-order valence-electron chi connectivity index (χ0n) is 52.2. The first kappa shape index (κ1) is 68.0. The van der Waals surface area contributed by atoms with Crippen LogP contribution in [0.5, 0.6) is 0 Å². The fourth-order valence-electron chi connectivity index (χ4n) is 9.40. The van der Waals surface area contributed by atoms with Gasteiger partial charge >= 0.3 is 0 Å². The van der Waals surface area contributed by atoms with Crippen molar-refractivity contribution < 1.29 is 4.74 Å². The predicted octanol–water partition coefficient (Wildman–Crippen LogP) is 13.2. The number of likely N-dealkylation sites (tertiary alicyclic amines) is 2. The molecule has 13 heteroatoms. The Morgan fingerprint density at radius 1 is 0.442 bits per heavy atom. The molecule has 5 fully saturated rings. The number of rotatable bonds is 8. The molecule has 2 N–H and O–H groups in total. The van der Waals surface area contributed by atoms with Gasteiger partial charge in [-0.3, -0.25) is 14.7 Å². The lowest BCUT2D eigenvalue weighted by molar-refractivity contribution is 0.0238. The van der Waals surface area contributed by atoms with Gasteiger partial charge in [-0.05, 0) is 178 Å². The molecule has 0 saturated carbocycles. The van der Waals surface area contributed by atoms with Crippen LogP contribution >= 0.6 is 11.3 Å². The fraction of sp³-hybridized carbons (Fsp3) is 0.719. The van der Waals surface area contributed by atoms with E-state index in [4.69, 9.17) is 4.74 Å². The molecule has 5 aromatic rings. The van der Waals surface area contributed by atoms with E-state index in [1.54, 1.807) is 11.3 Å². The van der Waals surface area contributed by atoms with E-state index >= 15 is 0 Å². The lowest BCUT2D eigenvalue weighted by Gasteiger charge is -2.34. The molecule has 10 rings (SSSR count). The number of piperazine rings is 2. The fourth-order valence-corrected chi connectivity index (χ4v) is 10.4. The van der Waals surface area contributed by atoms with Crippen molar-refractivity contribution in [1.29, 1.82) is 0 Å². The first-order valence-electron chi connectivity index (χ1n) is 30.4. The van der Waals surface area contributed by atoms with Crippen LogP contribution in [0.4, 0.5) is 0 Å². The number of nitrogens with one attached hydrogen (secondary N) is 2. The summed E-state index contributed by atoms with van der Waals surface area (Å²) in [5, 5.41) is 4.56. The Morgan fingerprint density at radius 2 is 0.883 bits per heavy atom. The number of thiazole rings is 1. The number of H-pyrrole nitrogens is 1. The average Bonchev–Trinajstić information content (AvgIpc) is 4.30. The van der Waals surface area contributed by atoms with Gasteiger partial charge in [-0.1, -0.05) is 58.4 Å². The standard InChI is InChI=1S/C10H12N2.C10H11NS.C8H18N2.C8H17N.C7H16N2.C7H15NO.C7H15N.C7H11N/c2*1-7(2)10-11-8-5-3-4-6-9(8)12-10;1-8(2)10-6-4-9(3)5-7-10;1-8(2)9-6-4-3-5-7-9;1-7(2)9-5-3-8-4-6-9;1-7(2)8-3-5-9-6-4-8;2*1-7(2)8-5-3-4-6-8/h3-7H,1-2H3,(H,11,12);3-7H,1-2H3;8H,4-7H2,1-3H3;8H,3-7H2,1-2H3;7-8H,3-6H2,1-2H3;7H,3-6H2,1-2H3;7H,3-6H2,1-2H3;3-7H,1-2H3. The van der Waals surface area contributed by atoms with E-state index in [2.05, 4.69) is 203 Å². The highest BCUT2D eigenvalue weighted by molar-refractivity contribution is 7.18. The molecule has 2 aromatic carbocycles. The summed E-state index contributed by atoms with van der Waals surface area (Å²) in [6.07, 6.45) is 11.3. The number of para-hydroxylation sites is 3. The van der Waals surface area contributed by atoms with Crippen LogP contribution in [-0.4, -0.2) is 191 Å². The molecular formula is C64H115N11OS. The Hall–Kier alpha value is -3.24. The maximum atomic E-state index is 5.21. The summed E-state index contributed by atoms with van der Waals surface area (Å²) in [5.74, 6) is 2.08. The second-order valence-electron chi connectivity index (χ2n) is 23.8. The number of ether oxygens (including phenoxy) is 1. The molecule has 438 valence electrons. The largest absolute Gasteiger partial charge is 0.379 e. The zero-order chi connectivity index (χ0) is 56.7. The molecule has 0 aliphatic carbocycles. The smallest absolute Gasteiger partial charge is 0.109 e. The Kier molecular flexibility index (Phi) is 33.9.